The molecule has 0 fully saturated rings. The van der Waals surface area contributed by atoms with Crippen LogP contribution in [0, 0.1) is 0 Å². The standard InChI is InChI=1S/C46H22/c1-3-9-25-17-33-31(15-23(25)7-1)29-13-14-30-32-16-24-8-2-4-10-26(24)18-34(32)40-22-38-36-20-28-12-6-5-11-27(28)19-35(36)37-21-39(33)44-42(29)43(30)45(40)46(44)41(37)38/h1-22H. The summed E-state index contributed by atoms with van der Waals surface area (Å²) in [7, 11) is 0. The molecule has 0 heteroatoms. The minimum Gasteiger partial charge on any atom is -0.0616 e. The van der Waals surface area contributed by atoms with E-state index < -0.39 is 0 Å². The van der Waals surface area contributed by atoms with Crippen LogP contribution >= 0.6 is 0 Å². The molecule has 46 heavy (non-hydrogen) atoms. The van der Waals surface area contributed by atoms with E-state index in [1.165, 1.54) is 129 Å². The molecule has 0 atom stereocenters. The molecule has 0 spiro atoms. The molecule has 0 aliphatic rings. The normalized spacial score (nSPS) is 13.2. The summed E-state index contributed by atoms with van der Waals surface area (Å²) in [5.74, 6) is 0. The molecule has 13 rings (SSSR count). The summed E-state index contributed by atoms with van der Waals surface area (Å²) in [5, 5.41) is 32.9. The van der Waals surface area contributed by atoms with Crippen molar-refractivity contribution in [2.75, 3.05) is 0 Å². The summed E-state index contributed by atoms with van der Waals surface area (Å²) in [5.41, 5.74) is 0. The van der Waals surface area contributed by atoms with Crippen molar-refractivity contribution in [2.45, 2.75) is 0 Å². The molecule has 0 aromatic heterocycles. The second-order valence-electron chi connectivity index (χ2n) is 13.6. The second-order valence-corrected chi connectivity index (χ2v) is 13.6. The van der Waals surface area contributed by atoms with Gasteiger partial charge < -0.3 is 0 Å². The molecule has 0 nitrogen and oxygen atoms in total. The fourth-order valence-corrected chi connectivity index (χ4v) is 9.63. The molecule has 0 N–H and O–H groups in total. The average molecular weight is 575 g/mol. The van der Waals surface area contributed by atoms with E-state index in [1.807, 2.05) is 0 Å². The number of rotatable bonds is 0. The third-order valence-corrected chi connectivity index (χ3v) is 11.5. The van der Waals surface area contributed by atoms with Crippen LogP contribution in [0.25, 0.3) is 129 Å². The maximum Gasteiger partial charge on any atom is -0.0000915 e. The summed E-state index contributed by atoms with van der Waals surface area (Å²) in [6, 6.07) is 51.1. The lowest BCUT2D eigenvalue weighted by Gasteiger charge is -2.13. The molecular formula is C46H22. The van der Waals surface area contributed by atoms with Crippen molar-refractivity contribution in [2.24, 2.45) is 0 Å². The van der Waals surface area contributed by atoms with Crippen molar-refractivity contribution in [3.63, 3.8) is 0 Å². The van der Waals surface area contributed by atoms with Gasteiger partial charge >= 0.3 is 0 Å². The Morgan fingerprint density at radius 2 is 0.435 bits per heavy atom. The molecule has 13 aromatic carbocycles. The molecule has 0 saturated heterocycles. The lowest BCUT2D eigenvalue weighted by molar-refractivity contribution is 1.80. The van der Waals surface area contributed by atoms with Crippen LogP contribution in [0.3, 0.4) is 0 Å². The predicted molar refractivity (Wildman–Crippen MR) is 201 cm³/mol. The van der Waals surface area contributed by atoms with Gasteiger partial charge in [-0.15, -0.1) is 0 Å². The van der Waals surface area contributed by atoms with Crippen LogP contribution in [0.5, 0.6) is 0 Å². The minimum atomic E-state index is 1.30. The summed E-state index contributed by atoms with van der Waals surface area (Å²) in [6.07, 6.45) is 0. The Balaban J connectivity index is 1.43. The molecule has 0 saturated carbocycles. The number of fused-ring (bicyclic) bond motifs is 12. The summed E-state index contributed by atoms with van der Waals surface area (Å²) < 4.78 is 0. The summed E-state index contributed by atoms with van der Waals surface area (Å²) in [6.45, 7) is 0. The van der Waals surface area contributed by atoms with E-state index in [0.717, 1.165) is 0 Å². The molecule has 13 aromatic rings. The molecule has 0 unspecified atom stereocenters. The molecule has 0 radical (unpaired) electrons. The number of hydrogen-bond acceptors (Lipinski definition) is 0. The molecule has 0 aliphatic carbocycles. The Labute approximate surface area is 262 Å². The minimum absolute atomic E-state index is 1.30. The van der Waals surface area contributed by atoms with Crippen LogP contribution in [-0.2, 0) is 0 Å². The molecule has 0 aliphatic heterocycles. The van der Waals surface area contributed by atoms with Crippen molar-refractivity contribution in [1.82, 2.24) is 0 Å². The Kier molecular flexibility index (Phi) is 3.56. The van der Waals surface area contributed by atoms with Gasteiger partial charge in [0.1, 0.15) is 0 Å². The van der Waals surface area contributed by atoms with Gasteiger partial charge in [-0.25, -0.2) is 0 Å². The summed E-state index contributed by atoms with van der Waals surface area (Å²) >= 11 is 0. The van der Waals surface area contributed by atoms with E-state index in [-0.39, 0.29) is 0 Å². The molecule has 0 bridgehead atoms. The largest absolute Gasteiger partial charge is 0.0616 e. The van der Waals surface area contributed by atoms with Crippen LogP contribution in [0.2, 0.25) is 0 Å². The third-order valence-electron chi connectivity index (χ3n) is 11.5. The lowest BCUT2D eigenvalue weighted by atomic mass is 9.89. The predicted octanol–water partition coefficient (Wildman–Crippen LogP) is 13.3. The first-order valence-corrected chi connectivity index (χ1v) is 16.3. The van der Waals surface area contributed by atoms with E-state index in [4.69, 9.17) is 0 Å². The molecular weight excluding hydrogens is 553 g/mol. The fraction of sp³-hybridized carbons (Fsp3) is 0. The Bertz CT molecular complexity index is 3230. The first-order chi connectivity index (χ1) is 22.8. The van der Waals surface area contributed by atoms with Crippen LogP contribution in [-0.4, -0.2) is 0 Å². The van der Waals surface area contributed by atoms with Crippen molar-refractivity contribution < 1.29 is 0 Å². The van der Waals surface area contributed by atoms with Gasteiger partial charge in [0.25, 0.3) is 0 Å². The van der Waals surface area contributed by atoms with E-state index >= 15 is 0 Å². The Hall–Kier alpha value is -5.98. The van der Waals surface area contributed by atoms with Gasteiger partial charge in [-0.1, -0.05) is 84.9 Å². The van der Waals surface area contributed by atoms with Gasteiger partial charge in [0.05, 0.1) is 0 Å². The first kappa shape index (κ1) is 22.5. The Morgan fingerprint density at radius 3 is 0.761 bits per heavy atom. The monoisotopic (exact) mass is 574 g/mol. The highest BCUT2D eigenvalue weighted by Gasteiger charge is 2.28. The number of hydrogen-bond donors (Lipinski definition) is 0. The van der Waals surface area contributed by atoms with E-state index in [0.29, 0.717) is 0 Å². The van der Waals surface area contributed by atoms with E-state index in [9.17, 15) is 0 Å². The second kappa shape index (κ2) is 7.28. The van der Waals surface area contributed by atoms with Gasteiger partial charge in [0, 0.05) is 0 Å². The zero-order valence-electron chi connectivity index (χ0n) is 24.7. The van der Waals surface area contributed by atoms with Crippen molar-refractivity contribution in [3.05, 3.63) is 133 Å². The molecule has 206 valence electrons. The highest BCUT2D eigenvalue weighted by molar-refractivity contribution is 6.56. The van der Waals surface area contributed by atoms with Crippen LogP contribution < -0.4 is 0 Å². The van der Waals surface area contributed by atoms with E-state index in [1.54, 1.807) is 0 Å². The van der Waals surface area contributed by atoms with Crippen molar-refractivity contribution in [3.8, 4) is 0 Å². The molecule has 0 amide bonds. The Morgan fingerprint density at radius 1 is 0.174 bits per heavy atom. The number of benzene rings is 11. The van der Waals surface area contributed by atoms with Crippen LogP contribution in [0.4, 0.5) is 0 Å². The van der Waals surface area contributed by atoms with Crippen LogP contribution in [0.15, 0.2) is 133 Å². The highest BCUT2D eigenvalue weighted by atomic mass is 14.3. The van der Waals surface area contributed by atoms with Crippen molar-refractivity contribution >= 4 is 129 Å². The fourth-order valence-electron chi connectivity index (χ4n) is 9.63. The zero-order valence-corrected chi connectivity index (χ0v) is 24.7. The third kappa shape index (κ3) is 2.38. The molecule has 0 heterocycles. The average Bonchev–Trinajstić information content (AvgIpc) is 3.61. The van der Waals surface area contributed by atoms with Gasteiger partial charge in [-0.3, -0.25) is 0 Å². The van der Waals surface area contributed by atoms with E-state index in [2.05, 4.69) is 133 Å². The quantitative estimate of drug-likeness (QED) is 0.125. The van der Waals surface area contributed by atoms with Gasteiger partial charge in [0.2, 0.25) is 0 Å². The highest BCUT2D eigenvalue weighted by Crippen LogP contribution is 2.57. The van der Waals surface area contributed by atoms with Gasteiger partial charge in [-0.05, 0) is 178 Å². The smallest absolute Gasteiger partial charge is 0.0000915 e. The lowest BCUT2D eigenvalue weighted by Crippen LogP contribution is -1.85. The first-order valence-electron chi connectivity index (χ1n) is 16.3. The van der Waals surface area contributed by atoms with Crippen LogP contribution in [0.1, 0.15) is 0 Å². The van der Waals surface area contributed by atoms with Gasteiger partial charge in [-0.2, -0.15) is 0 Å². The maximum absolute atomic E-state index is 2.54. The van der Waals surface area contributed by atoms with Gasteiger partial charge in [0.15, 0.2) is 0 Å². The van der Waals surface area contributed by atoms with Crippen molar-refractivity contribution in [1.29, 1.82) is 0 Å². The maximum atomic E-state index is 2.54. The zero-order chi connectivity index (χ0) is 29.4. The summed E-state index contributed by atoms with van der Waals surface area (Å²) in [4.78, 5) is 0. The SMILES string of the molecule is c1ccc2cc3c(cc2c1)c1cc2c4cc5ccccc5cc4c4ccc5c6cc7ccccc7cc6c6cc3c1c1c2c4c5c61. The topological polar surface area (TPSA) is 0 Å².